The van der Waals surface area contributed by atoms with Gasteiger partial charge in [-0.1, -0.05) is 5.92 Å². The molecule has 1 heterocycles. The monoisotopic (exact) mass is 242 g/mol. The van der Waals surface area contributed by atoms with Crippen molar-refractivity contribution in [2.24, 2.45) is 5.92 Å². The molecule has 2 aliphatic rings. The molecule has 3 rings (SSSR count). The summed E-state index contributed by atoms with van der Waals surface area (Å²) in [4.78, 5) is 12.0. The minimum absolute atomic E-state index is 0.334. The number of fused-ring (bicyclic) bond motifs is 1. The van der Waals surface area contributed by atoms with E-state index in [1.54, 1.807) is 6.07 Å². The van der Waals surface area contributed by atoms with Crippen molar-refractivity contribution in [1.82, 2.24) is 0 Å². The molecule has 3 heteroatoms. The molecule has 1 aliphatic carbocycles. The molecule has 1 aliphatic heterocycles. The molecule has 1 atom stereocenters. The van der Waals surface area contributed by atoms with Crippen LogP contribution >= 0.6 is 0 Å². The minimum Gasteiger partial charge on any atom is -0.493 e. The van der Waals surface area contributed by atoms with Gasteiger partial charge in [-0.2, -0.15) is 0 Å². The van der Waals surface area contributed by atoms with Crippen molar-refractivity contribution in [3.05, 3.63) is 29.3 Å². The number of carbonyl (C=O) groups excluding carboxylic acids is 1. The molecule has 0 amide bonds. The van der Waals surface area contributed by atoms with Gasteiger partial charge in [-0.15, -0.1) is 6.42 Å². The number of benzene rings is 1. The molecule has 3 nitrogen and oxygen atoms in total. The Kier molecular flexibility index (Phi) is 2.71. The largest absolute Gasteiger partial charge is 0.493 e. The summed E-state index contributed by atoms with van der Waals surface area (Å²) in [6, 6.07) is 5.39. The number of terminal acetylenes is 1. The molecule has 18 heavy (non-hydrogen) atoms. The Bertz CT molecular complexity index is 523. The maximum Gasteiger partial charge on any atom is 0.339 e. The molecule has 1 unspecified atom stereocenters. The zero-order chi connectivity index (χ0) is 12.5. The summed E-state index contributed by atoms with van der Waals surface area (Å²) >= 11 is 0. The molecule has 0 radical (unpaired) electrons. The number of carbonyl (C=O) groups is 1. The molecule has 0 saturated heterocycles. The van der Waals surface area contributed by atoms with Gasteiger partial charge in [0.05, 0.1) is 12.2 Å². The van der Waals surface area contributed by atoms with Crippen molar-refractivity contribution in [1.29, 1.82) is 0 Å². The van der Waals surface area contributed by atoms with Crippen molar-refractivity contribution in [3.8, 4) is 18.1 Å². The van der Waals surface area contributed by atoms with Gasteiger partial charge in [-0.3, -0.25) is 0 Å². The Morgan fingerprint density at radius 2 is 2.33 bits per heavy atom. The first-order valence-corrected chi connectivity index (χ1v) is 6.21. The van der Waals surface area contributed by atoms with Crippen LogP contribution in [-0.2, 0) is 11.2 Å². The normalized spacial score (nSPS) is 18.4. The smallest absolute Gasteiger partial charge is 0.339 e. The number of hydrogen-bond donors (Lipinski definition) is 0. The molecular formula is C15H14O3. The highest BCUT2D eigenvalue weighted by molar-refractivity contribution is 5.90. The second-order valence-corrected chi connectivity index (χ2v) is 4.75. The van der Waals surface area contributed by atoms with Gasteiger partial charge < -0.3 is 9.47 Å². The van der Waals surface area contributed by atoms with Gasteiger partial charge in [0.1, 0.15) is 5.75 Å². The van der Waals surface area contributed by atoms with E-state index in [0.29, 0.717) is 18.1 Å². The van der Waals surface area contributed by atoms with Crippen molar-refractivity contribution in [3.63, 3.8) is 0 Å². The van der Waals surface area contributed by atoms with Crippen molar-refractivity contribution in [2.75, 3.05) is 6.61 Å². The van der Waals surface area contributed by atoms with Crippen LogP contribution in [0.5, 0.6) is 5.75 Å². The van der Waals surface area contributed by atoms with Crippen LogP contribution in [0.4, 0.5) is 0 Å². The Morgan fingerprint density at radius 1 is 1.50 bits per heavy atom. The molecule has 1 aromatic rings. The van der Waals surface area contributed by atoms with Gasteiger partial charge in [-0.05, 0) is 36.6 Å². The number of ether oxygens (including phenoxy) is 2. The highest BCUT2D eigenvalue weighted by Crippen LogP contribution is 2.34. The van der Waals surface area contributed by atoms with E-state index in [1.807, 2.05) is 12.1 Å². The Labute approximate surface area is 106 Å². The van der Waals surface area contributed by atoms with Gasteiger partial charge in [0.15, 0.2) is 6.10 Å². The zero-order valence-electron chi connectivity index (χ0n) is 10.0. The van der Waals surface area contributed by atoms with E-state index < -0.39 is 0 Å². The maximum absolute atomic E-state index is 12.0. The van der Waals surface area contributed by atoms with E-state index in [9.17, 15) is 4.79 Å². The van der Waals surface area contributed by atoms with Crippen LogP contribution in [0.25, 0.3) is 0 Å². The van der Waals surface area contributed by atoms with Gasteiger partial charge in [0, 0.05) is 12.3 Å². The average Bonchev–Trinajstić information content (AvgIpc) is 3.12. The van der Waals surface area contributed by atoms with Gasteiger partial charge in [0.2, 0.25) is 0 Å². The van der Waals surface area contributed by atoms with E-state index in [-0.39, 0.29) is 12.1 Å². The highest BCUT2D eigenvalue weighted by atomic mass is 16.5. The van der Waals surface area contributed by atoms with E-state index >= 15 is 0 Å². The van der Waals surface area contributed by atoms with E-state index in [2.05, 4.69) is 5.92 Å². The van der Waals surface area contributed by atoms with Crippen LogP contribution in [0.15, 0.2) is 18.2 Å². The molecule has 0 N–H and O–H groups in total. The average molecular weight is 242 g/mol. The van der Waals surface area contributed by atoms with E-state index in [4.69, 9.17) is 15.9 Å². The van der Waals surface area contributed by atoms with Gasteiger partial charge >= 0.3 is 5.97 Å². The fourth-order valence-electron chi connectivity index (χ4n) is 2.16. The van der Waals surface area contributed by atoms with Crippen LogP contribution in [0.1, 0.15) is 28.8 Å². The third-order valence-electron chi connectivity index (χ3n) is 3.37. The fourth-order valence-corrected chi connectivity index (χ4v) is 2.16. The summed E-state index contributed by atoms with van der Waals surface area (Å²) in [5.41, 5.74) is 1.62. The number of rotatable bonds is 3. The van der Waals surface area contributed by atoms with Crippen LogP contribution in [0, 0.1) is 18.3 Å². The molecule has 0 spiro atoms. The fraction of sp³-hybridized carbons (Fsp3) is 0.400. The van der Waals surface area contributed by atoms with Crippen LogP contribution < -0.4 is 4.74 Å². The lowest BCUT2D eigenvalue weighted by Crippen LogP contribution is -2.18. The summed E-state index contributed by atoms with van der Waals surface area (Å²) in [5, 5.41) is 0. The summed E-state index contributed by atoms with van der Waals surface area (Å²) in [5.74, 6) is 3.44. The molecule has 1 saturated carbocycles. The summed E-state index contributed by atoms with van der Waals surface area (Å²) in [6.07, 6.45) is 7.97. The van der Waals surface area contributed by atoms with Crippen LogP contribution in [0.3, 0.4) is 0 Å². The van der Waals surface area contributed by atoms with Crippen LogP contribution in [-0.4, -0.2) is 18.7 Å². The Hall–Kier alpha value is -1.95. The lowest BCUT2D eigenvalue weighted by molar-refractivity contribution is 0.0374. The predicted octanol–water partition coefficient (Wildman–Crippen LogP) is 2.19. The highest BCUT2D eigenvalue weighted by Gasteiger charge is 2.33. The maximum atomic E-state index is 12.0. The minimum atomic E-state index is -0.373. The molecule has 1 aromatic carbocycles. The Morgan fingerprint density at radius 3 is 3.06 bits per heavy atom. The second-order valence-electron chi connectivity index (χ2n) is 4.75. The first-order chi connectivity index (χ1) is 8.78. The van der Waals surface area contributed by atoms with Crippen molar-refractivity contribution < 1.29 is 14.3 Å². The topological polar surface area (TPSA) is 35.5 Å². The summed E-state index contributed by atoms with van der Waals surface area (Å²) < 4.78 is 10.8. The van der Waals surface area contributed by atoms with Crippen LogP contribution in [0.2, 0.25) is 0 Å². The first kappa shape index (κ1) is 11.2. The Balaban J connectivity index is 1.74. The van der Waals surface area contributed by atoms with Gasteiger partial charge in [0.25, 0.3) is 0 Å². The zero-order valence-corrected chi connectivity index (χ0v) is 10.0. The first-order valence-electron chi connectivity index (χ1n) is 6.21. The van der Waals surface area contributed by atoms with Crippen molar-refractivity contribution in [2.45, 2.75) is 25.4 Å². The number of hydrogen-bond acceptors (Lipinski definition) is 3. The lowest BCUT2D eigenvalue weighted by atomic mass is 10.1. The molecule has 0 aromatic heterocycles. The van der Waals surface area contributed by atoms with E-state index in [0.717, 1.165) is 30.6 Å². The van der Waals surface area contributed by atoms with Crippen molar-refractivity contribution >= 4 is 5.97 Å². The molecule has 0 bridgehead atoms. The van der Waals surface area contributed by atoms with E-state index in [1.165, 1.54) is 0 Å². The molecule has 92 valence electrons. The SMILES string of the molecule is C#CC(OC(=O)c1ccc2c(c1)CCO2)C1CC1. The molecular weight excluding hydrogens is 228 g/mol. The summed E-state index contributed by atoms with van der Waals surface area (Å²) in [6.45, 7) is 0.683. The quantitative estimate of drug-likeness (QED) is 0.602. The lowest BCUT2D eigenvalue weighted by Gasteiger charge is -2.11. The second kappa shape index (κ2) is 4.38. The van der Waals surface area contributed by atoms with Gasteiger partial charge in [-0.25, -0.2) is 4.79 Å². The standard InChI is InChI=1S/C15H14O3/c1-2-13(10-3-4-10)18-15(16)12-5-6-14-11(9-12)7-8-17-14/h1,5-6,9-10,13H,3-4,7-8H2. The third-order valence-corrected chi connectivity index (χ3v) is 3.37. The number of esters is 1. The summed E-state index contributed by atoms with van der Waals surface area (Å²) in [7, 11) is 0. The predicted molar refractivity (Wildman–Crippen MR) is 66.4 cm³/mol. The third kappa shape index (κ3) is 2.06. The molecule has 1 fully saturated rings.